The smallest absolute Gasteiger partial charge is 0.148 e. The van der Waals surface area contributed by atoms with Crippen LogP contribution in [0.4, 0.5) is 10.1 Å². The highest BCUT2D eigenvalue weighted by atomic mass is 19.1. The summed E-state index contributed by atoms with van der Waals surface area (Å²) in [6, 6.07) is 6.05. The molecule has 110 valence electrons. The van der Waals surface area contributed by atoms with Crippen molar-refractivity contribution in [3.63, 3.8) is 0 Å². The summed E-state index contributed by atoms with van der Waals surface area (Å²) in [5.41, 5.74) is 1.29. The molecule has 21 heavy (non-hydrogen) atoms. The van der Waals surface area contributed by atoms with Crippen LogP contribution in [0.3, 0.4) is 0 Å². The van der Waals surface area contributed by atoms with Crippen LogP contribution in [0.1, 0.15) is 25.8 Å². The lowest BCUT2D eigenvalue weighted by Gasteiger charge is -2.21. The maximum atomic E-state index is 13.9. The van der Waals surface area contributed by atoms with Crippen LogP contribution in [-0.4, -0.2) is 23.6 Å². The highest BCUT2D eigenvalue weighted by Crippen LogP contribution is 2.22. The molecule has 1 aromatic carbocycles. The van der Waals surface area contributed by atoms with E-state index in [-0.39, 0.29) is 17.2 Å². The minimum atomic E-state index is -0.812. The number of benzene rings is 1. The Balaban J connectivity index is 2.23. The lowest BCUT2D eigenvalue weighted by molar-refractivity contribution is 0.190. The molecule has 0 aromatic heterocycles. The maximum absolute atomic E-state index is 13.9. The number of nitrogens with one attached hydrogen (secondary N) is 1. The van der Waals surface area contributed by atoms with Crippen LogP contribution < -0.4 is 5.32 Å². The molecule has 2 rings (SSSR count). The van der Waals surface area contributed by atoms with Gasteiger partial charge in [-0.3, -0.25) is 4.99 Å². The van der Waals surface area contributed by atoms with Gasteiger partial charge in [-0.2, -0.15) is 5.26 Å². The van der Waals surface area contributed by atoms with Crippen LogP contribution in [0.25, 0.3) is 0 Å². The largest absolute Gasteiger partial charge is 0.385 e. The van der Waals surface area contributed by atoms with E-state index < -0.39 is 18.1 Å². The zero-order valence-electron chi connectivity index (χ0n) is 12.0. The Morgan fingerprint density at radius 3 is 2.86 bits per heavy atom. The van der Waals surface area contributed by atoms with Gasteiger partial charge >= 0.3 is 0 Å². The lowest BCUT2D eigenvalue weighted by atomic mass is 10.0. The number of rotatable bonds is 3. The van der Waals surface area contributed by atoms with E-state index in [0.717, 1.165) is 18.1 Å². The van der Waals surface area contributed by atoms with E-state index in [1.807, 2.05) is 26.0 Å². The molecule has 0 aliphatic carbocycles. The van der Waals surface area contributed by atoms with Crippen LogP contribution in [-0.2, 0) is 0 Å². The first kappa shape index (κ1) is 15.2. The first-order valence-corrected chi connectivity index (χ1v) is 6.91. The number of nitriles is 1. The Morgan fingerprint density at radius 2 is 2.24 bits per heavy atom. The second kappa shape index (κ2) is 6.51. The number of allylic oxidation sites excluding steroid dienone is 1. The first-order valence-electron chi connectivity index (χ1n) is 6.91. The van der Waals surface area contributed by atoms with Gasteiger partial charge < -0.3 is 10.4 Å². The molecule has 5 heteroatoms. The van der Waals surface area contributed by atoms with Crippen molar-refractivity contribution in [1.82, 2.24) is 0 Å². The van der Waals surface area contributed by atoms with Crippen molar-refractivity contribution in [2.24, 2.45) is 10.9 Å². The third-order valence-corrected chi connectivity index (χ3v) is 3.55. The molecule has 2 N–H and O–H groups in total. The predicted octanol–water partition coefficient (Wildman–Crippen LogP) is 2.85. The van der Waals surface area contributed by atoms with Gasteiger partial charge in [0.1, 0.15) is 18.1 Å². The molecule has 1 aliphatic heterocycles. The highest BCUT2D eigenvalue weighted by Gasteiger charge is 2.23. The molecule has 0 spiro atoms. The van der Waals surface area contributed by atoms with E-state index >= 15 is 0 Å². The average Bonchev–Trinajstić information content (AvgIpc) is 2.62. The van der Waals surface area contributed by atoms with E-state index in [1.165, 1.54) is 12.1 Å². The van der Waals surface area contributed by atoms with Crippen LogP contribution >= 0.6 is 0 Å². The molecule has 0 bridgehead atoms. The van der Waals surface area contributed by atoms with Crippen molar-refractivity contribution in [3.8, 4) is 6.07 Å². The molecule has 1 aromatic rings. The molecule has 3 unspecified atom stereocenters. The van der Waals surface area contributed by atoms with Crippen LogP contribution in [0.5, 0.6) is 0 Å². The third-order valence-electron chi connectivity index (χ3n) is 3.55. The Labute approximate surface area is 123 Å². The third kappa shape index (κ3) is 3.47. The predicted molar refractivity (Wildman–Crippen MR) is 80.6 cm³/mol. The van der Waals surface area contributed by atoms with Crippen molar-refractivity contribution < 1.29 is 9.50 Å². The number of anilines is 1. The molecule has 0 amide bonds. The molecule has 3 atom stereocenters. The van der Waals surface area contributed by atoms with Gasteiger partial charge in [-0.05, 0) is 37.1 Å². The Morgan fingerprint density at radius 1 is 1.48 bits per heavy atom. The Kier molecular flexibility index (Phi) is 4.71. The van der Waals surface area contributed by atoms with Crippen molar-refractivity contribution in [2.45, 2.75) is 32.5 Å². The van der Waals surface area contributed by atoms with Crippen LogP contribution in [0, 0.1) is 23.1 Å². The van der Waals surface area contributed by atoms with Crippen LogP contribution in [0.2, 0.25) is 0 Å². The molecule has 1 aliphatic rings. The first-order chi connectivity index (χ1) is 10.0. The van der Waals surface area contributed by atoms with E-state index in [1.54, 1.807) is 6.21 Å². The Bertz CT molecular complexity index is 618. The second-order valence-electron chi connectivity index (χ2n) is 5.12. The van der Waals surface area contributed by atoms with E-state index in [9.17, 15) is 9.50 Å². The van der Waals surface area contributed by atoms with E-state index in [2.05, 4.69) is 10.3 Å². The fourth-order valence-electron chi connectivity index (χ4n) is 2.21. The molecular formula is C16H18FN3O. The van der Waals surface area contributed by atoms with Crippen LogP contribution in [0.15, 0.2) is 34.8 Å². The van der Waals surface area contributed by atoms with Crippen molar-refractivity contribution in [1.29, 1.82) is 5.26 Å². The maximum Gasteiger partial charge on any atom is 0.148 e. The van der Waals surface area contributed by atoms with Crippen molar-refractivity contribution in [2.75, 3.05) is 5.32 Å². The fraction of sp³-hybridized carbons (Fsp3) is 0.375. The van der Waals surface area contributed by atoms with Crippen molar-refractivity contribution in [3.05, 3.63) is 41.2 Å². The molecule has 0 saturated heterocycles. The summed E-state index contributed by atoms with van der Waals surface area (Å²) in [6.45, 7) is 3.88. The molecule has 1 heterocycles. The van der Waals surface area contributed by atoms with E-state index in [0.29, 0.717) is 0 Å². The van der Waals surface area contributed by atoms with Gasteiger partial charge in [-0.1, -0.05) is 13.0 Å². The number of hydrogen-bond donors (Lipinski definition) is 2. The Hall–Kier alpha value is -2.19. The SMILES string of the molecule is CCC1C=NC(Nc2ccc(C#N)cc2F)C(O)C(C)=C1. The van der Waals surface area contributed by atoms with Crippen molar-refractivity contribution >= 4 is 11.9 Å². The molecule has 0 saturated carbocycles. The van der Waals surface area contributed by atoms with Gasteiger partial charge in [0, 0.05) is 12.1 Å². The zero-order chi connectivity index (χ0) is 15.4. The average molecular weight is 287 g/mol. The molecule has 0 radical (unpaired) electrons. The number of hydrogen-bond acceptors (Lipinski definition) is 4. The summed E-state index contributed by atoms with van der Waals surface area (Å²) in [6.07, 6.45) is 3.20. The minimum Gasteiger partial charge on any atom is -0.385 e. The highest BCUT2D eigenvalue weighted by molar-refractivity contribution is 5.65. The van der Waals surface area contributed by atoms with Gasteiger partial charge in [0.2, 0.25) is 0 Å². The van der Waals surface area contributed by atoms with Gasteiger partial charge in [-0.15, -0.1) is 0 Å². The van der Waals surface area contributed by atoms with Gasteiger partial charge in [0.25, 0.3) is 0 Å². The summed E-state index contributed by atoms with van der Waals surface area (Å²) < 4.78 is 13.9. The monoisotopic (exact) mass is 287 g/mol. The quantitative estimate of drug-likeness (QED) is 0.840. The topological polar surface area (TPSA) is 68.4 Å². The standard InChI is InChI=1S/C16H18FN3O/c1-3-11-6-10(2)15(21)16(19-9-11)20-14-5-4-12(8-18)7-13(14)17/h4-7,9,11,15-16,20-21H,3H2,1-2H3. The summed E-state index contributed by atoms with van der Waals surface area (Å²) in [5, 5.41) is 21.9. The van der Waals surface area contributed by atoms with Gasteiger partial charge in [-0.25, -0.2) is 4.39 Å². The van der Waals surface area contributed by atoms with E-state index in [4.69, 9.17) is 5.26 Å². The number of aliphatic hydroxyl groups is 1. The van der Waals surface area contributed by atoms with Gasteiger partial charge in [0.05, 0.1) is 17.3 Å². The lowest BCUT2D eigenvalue weighted by Crippen LogP contribution is -2.32. The molecule has 0 fully saturated rings. The molecular weight excluding hydrogens is 269 g/mol. The number of nitrogens with zero attached hydrogens (tertiary/aromatic N) is 2. The summed E-state index contributed by atoms with van der Waals surface area (Å²) in [4.78, 5) is 4.32. The normalized spacial score (nSPS) is 24.9. The zero-order valence-corrected chi connectivity index (χ0v) is 12.0. The second-order valence-corrected chi connectivity index (χ2v) is 5.12. The fourth-order valence-corrected chi connectivity index (χ4v) is 2.21. The summed E-state index contributed by atoms with van der Waals surface area (Å²) in [5.74, 6) is -0.355. The van der Waals surface area contributed by atoms with Gasteiger partial charge in [0.15, 0.2) is 0 Å². The number of aliphatic imine (C=N–C) groups is 1. The summed E-state index contributed by atoms with van der Waals surface area (Å²) >= 11 is 0. The minimum absolute atomic E-state index is 0.178. The molecule has 4 nitrogen and oxygen atoms in total. The summed E-state index contributed by atoms with van der Waals surface area (Å²) in [7, 11) is 0. The number of halogens is 1. The number of aliphatic hydroxyl groups excluding tert-OH is 1.